The number of aromatic nitrogens is 1. The van der Waals surface area contributed by atoms with E-state index < -0.39 is 0 Å². The second-order valence-corrected chi connectivity index (χ2v) is 5.60. The Hall–Kier alpha value is -1.39. The molecule has 0 saturated heterocycles. The van der Waals surface area contributed by atoms with Gasteiger partial charge in [0.25, 0.3) is 0 Å². The molecule has 0 fully saturated rings. The fraction of sp³-hybridized carbons (Fsp3) is 0.312. The van der Waals surface area contributed by atoms with Gasteiger partial charge in [0, 0.05) is 22.8 Å². The molecular weight excluding hydrogens is 316 g/mol. The van der Waals surface area contributed by atoms with Gasteiger partial charge in [0.1, 0.15) is 5.75 Å². The van der Waals surface area contributed by atoms with Gasteiger partial charge >= 0.3 is 0 Å². The van der Waals surface area contributed by atoms with Crippen molar-refractivity contribution in [1.29, 1.82) is 0 Å². The van der Waals surface area contributed by atoms with Crippen LogP contribution >= 0.6 is 15.9 Å². The van der Waals surface area contributed by atoms with Gasteiger partial charge in [0.15, 0.2) is 0 Å². The number of aryl methyl sites for hydroxylation is 1. The first kappa shape index (κ1) is 15.0. The summed E-state index contributed by atoms with van der Waals surface area (Å²) in [5.41, 5.74) is 2.16. The Morgan fingerprint density at radius 3 is 2.65 bits per heavy atom. The first-order chi connectivity index (χ1) is 9.67. The highest BCUT2D eigenvalue weighted by molar-refractivity contribution is 9.10. The Labute approximate surface area is 128 Å². The number of hydrogen-bond donors (Lipinski definition) is 1. The summed E-state index contributed by atoms with van der Waals surface area (Å²) in [7, 11) is 0. The van der Waals surface area contributed by atoms with Crippen molar-refractivity contribution in [2.75, 3.05) is 6.54 Å². The lowest BCUT2D eigenvalue weighted by Gasteiger charge is -2.09. The standard InChI is InChI=1S/C16H19BrN2O/c1-3-8-18-11-13-9-12(2)19-16(10-13)20-15-6-4-14(17)5-7-15/h4-7,9-10,18H,3,8,11H2,1-2H3. The van der Waals surface area contributed by atoms with E-state index in [9.17, 15) is 0 Å². The zero-order valence-corrected chi connectivity index (χ0v) is 13.4. The van der Waals surface area contributed by atoms with Gasteiger partial charge in [-0.25, -0.2) is 4.98 Å². The topological polar surface area (TPSA) is 34.2 Å². The van der Waals surface area contributed by atoms with Crippen LogP contribution in [0.15, 0.2) is 40.9 Å². The second kappa shape index (κ2) is 7.41. The number of halogens is 1. The van der Waals surface area contributed by atoms with E-state index in [2.05, 4.69) is 39.2 Å². The SMILES string of the molecule is CCCNCc1cc(C)nc(Oc2ccc(Br)cc2)c1. The maximum absolute atomic E-state index is 5.80. The maximum Gasteiger partial charge on any atom is 0.219 e. The number of pyridine rings is 1. The molecule has 3 nitrogen and oxygen atoms in total. The van der Waals surface area contributed by atoms with Gasteiger partial charge in [0.05, 0.1) is 0 Å². The Kier molecular flexibility index (Phi) is 5.56. The van der Waals surface area contributed by atoms with E-state index in [0.29, 0.717) is 5.88 Å². The Bertz CT molecular complexity index is 555. The smallest absolute Gasteiger partial charge is 0.219 e. The molecule has 106 valence electrons. The lowest BCUT2D eigenvalue weighted by Crippen LogP contribution is -2.14. The minimum absolute atomic E-state index is 0.639. The van der Waals surface area contributed by atoms with E-state index in [0.717, 1.165) is 35.4 Å². The lowest BCUT2D eigenvalue weighted by atomic mass is 10.2. The summed E-state index contributed by atoms with van der Waals surface area (Å²) >= 11 is 3.41. The van der Waals surface area contributed by atoms with Crippen molar-refractivity contribution in [2.24, 2.45) is 0 Å². The molecular formula is C16H19BrN2O. The van der Waals surface area contributed by atoms with Crippen molar-refractivity contribution < 1.29 is 4.74 Å². The fourth-order valence-electron chi connectivity index (χ4n) is 1.89. The molecule has 0 aliphatic carbocycles. The number of benzene rings is 1. The molecule has 0 spiro atoms. The van der Waals surface area contributed by atoms with Crippen molar-refractivity contribution in [3.63, 3.8) is 0 Å². The number of rotatable bonds is 6. The lowest BCUT2D eigenvalue weighted by molar-refractivity contribution is 0.460. The van der Waals surface area contributed by atoms with E-state index in [4.69, 9.17) is 4.74 Å². The van der Waals surface area contributed by atoms with Crippen LogP contribution in [0, 0.1) is 6.92 Å². The van der Waals surface area contributed by atoms with Crippen LogP contribution in [0.3, 0.4) is 0 Å². The highest BCUT2D eigenvalue weighted by Gasteiger charge is 2.03. The van der Waals surface area contributed by atoms with Crippen molar-refractivity contribution in [3.05, 3.63) is 52.1 Å². The van der Waals surface area contributed by atoms with Crippen LogP contribution in [0.5, 0.6) is 11.6 Å². The molecule has 2 rings (SSSR count). The van der Waals surface area contributed by atoms with Crippen LogP contribution in [0.1, 0.15) is 24.6 Å². The van der Waals surface area contributed by atoms with Gasteiger partial charge in [-0.3, -0.25) is 0 Å². The predicted molar refractivity (Wildman–Crippen MR) is 85.2 cm³/mol. The number of nitrogens with one attached hydrogen (secondary N) is 1. The molecule has 20 heavy (non-hydrogen) atoms. The normalized spacial score (nSPS) is 10.6. The molecule has 0 atom stereocenters. The molecule has 1 aromatic carbocycles. The van der Waals surface area contributed by atoms with Crippen LogP contribution in [-0.4, -0.2) is 11.5 Å². The van der Waals surface area contributed by atoms with Crippen molar-refractivity contribution in [1.82, 2.24) is 10.3 Å². The van der Waals surface area contributed by atoms with E-state index in [1.165, 1.54) is 5.56 Å². The Morgan fingerprint density at radius 2 is 1.95 bits per heavy atom. The average Bonchev–Trinajstić information content (AvgIpc) is 2.41. The van der Waals surface area contributed by atoms with Crippen molar-refractivity contribution >= 4 is 15.9 Å². The van der Waals surface area contributed by atoms with Crippen LogP contribution in [0.25, 0.3) is 0 Å². The van der Waals surface area contributed by atoms with E-state index in [-0.39, 0.29) is 0 Å². The van der Waals surface area contributed by atoms with E-state index in [1.807, 2.05) is 37.3 Å². The zero-order valence-electron chi connectivity index (χ0n) is 11.8. The molecule has 4 heteroatoms. The largest absolute Gasteiger partial charge is 0.439 e. The molecule has 0 radical (unpaired) electrons. The molecule has 0 unspecified atom stereocenters. The quantitative estimate of drug-likeness (QED) is 0.792. The van der Waals surface area contributed by atoms with Crippen LogP contribution in [0.4, 0.5) is 0 Å². The Balaban J connectivity index is 2.09. The molecule has 0 bridgehead atoms. The van der Waals surface area contributed by atoms with Crippen LogP contribution in [-0.2, 0) is 6.54 Å². The first-order valence-electron chi connectivity index (χ1n) is 6.79. The van der Waals surface area contributed by atoms with E-state index in [1.54, 1.807) is 0 Å². The fourth-order valence-corrected chi connectivity index (χ4v) is 2.16. The van der Waals surface area contributed by atoms with Gasteiger partial charge < -0.3 is 10.1 Å². The van der Waals surface area contributed by atoms with Gasteiger partial charge in [0.2, 0.25) is 5.88 Å². The number of nitrogens with zero attached hydrogens (tertiary/aromatic N) is 1. The Morgan fingerprint density at radius 1 is 1.20 bits per heavy atom. The third-order valence-electron chi connectivity index (χ3n) is 2.78. The number of ether oxygens (including phenoxy) is 1. The summed E-state index contributed by atoms with van der Waals surface area (Å²) in [6.45, 7) is 6.00. The second-order valence-electron chi connectivity index (χ2n) is 4.69. The molecule has 0 aliphatic rings. The number of hydrogen-bond acceptors (Lipinski definition) is 3. The minimum atomic E-state index is 0.639. The van der Waals surface area contributed by atoms with Gasteiger partial charge in [-0.15, -0.1) is 0 Å². The third-order valence-corrected chi connectivity index (χ3v) is 3.31. The van der Waals surface area contributed by atoms with Crippen LogP contribution in [0.2, 0.25) is 0 Å². The summed E-state index contributed by atoms with van der Waals surface area (Å²) in [5.74, 6) is 1.43. The first-order valence-corrected chi connectivity index (χ1v) is 7.58. The summed E-state index contributed by atoms with van der Waals surface area (Å²) in [6.07, 6.45) is 1.13. The average molecular weight is 335 g/mol. The molecule has 1 N–H and O–H groups in total. The monoisotopic (exact) mass is 334 g/mol. The zero-order chi connectivity index (χ0) is 14.4. The molecule has 0 saturated carbocycles. The van der Waals surface area contributed by atoms with E-state index >= 15 is 0 Å². The predicted octanol–water partition coefficient (Wildman–Crippen LogP) is 4.44. The van der Waals surface area contributed by atoms with Crippen molar-refractivity contribution in [3.8, 4) is 11.6 Å². The molecule has 1 aromatic heterocycles. The molecule has 0 amide bonds. The van der Waals surface area contributed by atoms with Crippen molar-refractivity contribution in [2.45, 2.75) is 26.8 Å². The summed E-state index contributed by atoms with van der Waals surface area (Å²) in [5, 5.41) is 3.39. The minimum Gasteiger partial charge on any atom is -0.439 e. The van der Waals surface area contributed by atoms with Crippen LogP contribution < -0.4 is 10.1 Å². The maximum atomic E-state index is 5.80. The van der Waals surface area contributed by atoms with Gasteiger partial charge in [-0.05, 0) is 55.8 Å². The van der Waals surface area contributed by atoms with Gasteiger partial charge in [-0.1, -0.05) is 22.9 Å². The molecule has 2 aromatic rings. The summed E-state index contributed by atoms with van der Waals surface area (Å²) in [4.78, 5) is 4.42. The summed E-state index contributed by atoms with van der Waals surface area (Å²) in [6, 6.07) is 11.8. The highest BCUT2D eigenvalue weighted by Crippen LogP contribution is 2.23. The highest BCUT2D eigenvalue weighted by atomic mass is 79.9. The third kappa shape index (κ3) is 4.62. The molecule has 0 aliphatic heterocycles. The summed E-state index contributed by atoms with van der Waals surface area (Å²) < 4.78 is 6.84. The van der Waals surface area contributed by atoms with Gasteiger partial charge in [-0.2, -0.15) is 0 Å². The molecule has 1 heterocycles.